The minimum atomic E-state index is -1.04. The van der Waals surface area contributed by atoms with E-state index in [1.807, 2.05) is 6.07 Å². The van der Waals surface area contributed by atoms with Gasteiger partial charge in [0.1, 0.15) is 18.7 Å². The summed E-state index contributed by atoms with van der Waals surface area (Å²) in [6.45, 7) is 1.19. The molecule has 2 saturated heterocycles. The van der Waals surface area contributed by atoms with Crippen LogP contribution in [0, 0.1) is 23.0 Å². The van der Waals surface area contributed by atoms with E-state index in [-0.39, 0.29) is 42.4 Å². The number of nitrogens with zero attached hydrogens (tertiary/aromatic N) is 6. The zero-order chi connectivity index (χ0) is 22.0. The molecule has 2 aliphatic heterocycles. The molecular weight excluding hydrogens is 410 g/mol. The monoisotopic (exact) mass is 428 g/mol. The van der Waals surface area contributed by atoms with Crippen molar-refractivity contribution < 1.29 is 23.1 Å². The standard InChI is InChI=1S/C20H18F2N6O3/c21-15-2-1-13(9-16(15)22)28-8-7-27(20(28)30)12-18(29)26-6-3-14(11-26)31-19-17(10-23)24-4-5-25-19/h1-2,4-5,9,14H,3,6-8,11-12H2. The van der Waals surface area contributed by atoms with Gasteiger partial charge in [-0.25, -0.2) is 23.5 Å². The van der Waals surface area contributed by atoms with Gasteiger partial charge in [0.2, 0.25) is 11.6 Å². The van der Waals surface area contributed by atoms with Crippen molar-refractivity contribution in [1.82, 2.24) is 19.8 Å². The fraction of sp³-hybridized carbons (Fsp3) is 0.350. The third-order valence-electron chi connectivity index (χ3n) is 5.18. The van der Waals surface area contributed by atoms with Crippen LogP contribution in [0.15, 0.2) is 30.6 Å². The van der Waals surface area contributed by atoms with Crippen LogP contribution in [0.1, 0.15) is 12.1 Å². The molecule has 11 heteroatoms. The number of benzene rings is 1. The van der Waals surface area contributed by atoms with Crippen LogP contribution >= 0.6 is 0 Å². The number of aromatic nitrogens is 2. The number of urea groups is 1. The van der Waals surface area contributed by atoms with Crippen LogP contribution in [0.2, 0.25) is 0 Å². The summed E-state index contributed by atoms with van der Waals surface area (Å²) in [5.41, 5.74) is 0.318. The van der Waals surface area contributed by atoms with Gasteiger partial charge in [-0.1, -0.05) is 0 Å². The topological polar surface area (TPSA) is 103 Å². The first-order valence-electron chi connectivity index (χ1n) is 9.63. The fourth-order valence-corrected chi connectivity index (χ4v) is 3.58. The molecule has 1 unspecified atom stereocenters. The van der Waals surface area contributed by atoms with Gasteiger partial charge in [0, 0.05) is 50.2 Å². The van der Waals surface area contributed by atoms with Gasteiger partial charge < -0.3 is 14.5 Å². The predicted octanol–water partition coefficient (Wildman–Crippen LogP) is 1.55. The van der Waals surface area contributed by atoms with Crippen molar-refractivity contribution in [3.63, 3.8) is 0 Å². The quantitative estimate of drug-likeness (QED) is 0.716. The van der Waals surface area contributed by atoms with Crippen LogP contribution in [0.3, 0.4) is 0 Å². The van der Waals surface area contributed by atoms with E-state index in [9.17, 15) is 18.4 Å². The fourth-order valence-electron chi connectivity index (χ4n) is 3.58. The Morgan fingerprint density at radius 3 is 2.77 bits per heavy atom. The average Bonchev–Trinajstić information content (AvgIpc) is 3.38. The first kappa shape index (κ1) is 20.5. The van der Waals surface area contributed by atoms with E-state index in [0.717, 1.165) is 12.1 Å². The lowest BCUT2D eigenvalue weighted by Gasteiger charge is -2.22. The second-order valence-electron chi connectivity index (χ2n) is 7.14. The second kappa shape index (κ2) is 8.51. The number of rotatable bonds is 5. The molecule has 2 aromatic rings. The minimum absolute atomic E-state index is 0.0762. The number of nitriles is 1. The van der Waals surface area contributed by atoms with E-state index < -0.39 is 17.7 Å². The normalized spacial score (nSPS) is 18.4. The highest BCUT2D eigenvalue weighted by Gasteiger charge is 2.34. The second-order valence-corrected chi connectivity index (χ2v) is 7.14. The number of likely N-dealkylation sites (tertiary alicyclic amines) is 1. The Morgan fingerprint density at radius 2 is 2.00 bits per heavy atom. The molecule has 31 heavy (non-hydrogen) atoms. The Hall–Kier alpha value is -3.81. The lowest BCUT2D eigenvalue weighted by Crippen LogP contribution is -2.42. The van der Waals surface area contributed by atoms with Gasteiger partial charge >= 0.3 is 6.03 Å². The number of carbonyl (C=O) groups excluding carboxylic acids is 2. The van der Waals surface area contributed by atoms with Crippen molar-refractivity contribution >= 4 is 17.6 Å². The van der Waals surface area contributed by atoms with E-state index in [4.69, 9.17) is 10.00 Å². The Balaban J connectivity index is 1.33. The lowest BCUT2D eigenvalue weighted by atomic mass is 10.3. The van der Waals surface area contributed by atoms with E-state index in [1.54, 1.807) is 4.90 Å². The molecule has 4 rings (SSSR count). The smallest absolute Gasteiger partial charge is 0.325 e. The largest absolute Gasteiger partial charge is 0.470 e. The van der Waals surface area contributed by atoms with E-state index in [2.05, 4.69) is 9.97 Å². The Bertz CT molecular complexity index is 1060. The summed E-state index contributed by atoms with van der Waals surface area (Å²) < 4.78 is 32.3. The summed E-state index contributed by atoms with van der Waals surface area (Å²) in [6, 6.07) is 4.72. The van der Waals surface area contributed by atoms with Gasteiger partial charge in [-0.3, -0.25) is 9.69 Å². The zero-order valence-electron chi connectivity index (χ0n) is 16.4. The number of hydrogen-bond donors (Lipinski definition) is 0. The summed E-state index contributed by atoms with van der Waals surface area (Å²) in [5, 5.41) is 9.07. The molecule has 9 nitrogen and oxygen atoms in total. The summed E-state index contributed by atoms with van der Waals surface area (Å²) in [5.74, 6) is -2.14. The van der Waals surface area contributed by atoms with Crippen LogP contribution < -0.4 is 9.64 Å². The maximum atomic E-state index is 13.5. The Kier molecular flexibility index (Phi) is 5.62. The van der Waals surface area contributed by atoms with Gasteiger partial charge in [-0.15, -0.1) is 0 Å². The number of halogens is 2. The van der Waals surface area contributed by atoms with Crippen LogP contribution in [0.4, 0.5) is 19.3 Å². The van der Waals surface area contributed by atoms with Crippen LogP contribution in [0.25, 0.3) is 0 Å². The van der Waals surface area contributed by atoms with Crippen molar-refractivity contribution in [3.05, 3.63) is 47.9 Å². The molecule has 2 fully saturated rings. The van der Waals surface area contributed by atoms with Gasteiger partial charge in [-0.2, -0.15) is 5.26 Å². The first-order chi connectivity index (χ1) is 15.0. The molecule has 1 aromatic carbocycles. The van der Waals surface area contributed by atoms with Crippen molar-refractivity contribution in [1.29, 1.82) is 5.26 Å². The number of ether oxygens (including phenoxy) is 1. The summed E-state index contributed by atoms with van der Waals surface area (Å²) in [6.07, 6.45) is 3.04. The molecule has 0 bridgehead atoms. The molecule has 0 N–H and O–H groups in total. The molecule has 0 saturated carbocycles. The summed E-state index contributed by atoms with van der Waals surface area (Å²) in [4.78, 5) is 37.5. The molecule has 3 amide bonds. The van der Waals surface area contributed by atoms with Gasteiger partial charge in [-0.05, 0) is 12.1 Å². The van der Waals surface area contributed by atoms with Crippen LogP contribution in [-0.2, 0) is 4.79 Å². The van der Waals surface area contributed by atoms with Crippen LogP contribution in [-0.4, -0.2) is 70.5 Å². The number of anilines is 1. The van der Waals surface area contributed by atoms with Crippen LogP contribution in [0.5, 0.6) is 5.88 Å². The van der Waals surface area contributed by atoms with Crippen molar-refractivity contribution in [2.45, 2.75) is 12.5 Å². The molecule has 0 aliphatic carbocycles. The lowest BCUT2D eigenvalue weighted by molar-refractivity contribution is -0.130. The first-order valence-corrected chi connectivity index (χ1v) is 9.63. The predicted molar refractivity (Wildman–Crippen MR) is 103 cm³/mol. The number of carbonyl (C=O) groups is 2. The molecule has 3 heterocycles. The average molecular weight is 428 g/mol. The summed E-state index contributed by atoms with van der Waals surface area (Å²) in [7, 11) is 0. The number of amides is 3. The zero-order valence-corrected chi connectivity index (χ0v) is 16.4. The molecule has 0 spiro atoms. The summed E-state index contributed by atoms with van der Waals surface area (Å²) >= 11 is 0. The Morgan fingerprint density at radius 1 is 1.19 bits per heavy atom. The van der Waals surface area contributed by atoms with Gasteiger partial charge in [0.05, 0.1) is 6.54 Å². The molecule has 1 aromatic heterocycles. The SMILES string of the molecule is N#Cc1nccnc1OC1CCN(C(=O)CN2CCN(c3ccc(F)c(F)c3)C2=O)C1. The van der Waals surface area contributed by atoms with Crippen molar-refractivity contribution in [3.8, 4) is 11.9 Å². The molecule has 0 radical (unpaired) electrons. The maximum Gasteiger partial charge on any atom is 0.325 e. The molecule has 160 valence electrons. The molecular formula is C20H18F2N6O3. The van der Waals surface area contributed by atoms with Gasteiger partial charge in [0.15, 0.2) is 11.6 Å². The number of hydrogen-bond acceptors (Lipinski definition) is 6. The minimum Gasteiger partial charge on any atom is -0.470 e. The highest BCUT2D eigenvalue weighted by Crippen LogP contribution is 2.23. The van der Waals surface area contributed by atoms with E-state index in [0.29, 0.717) is 26.1 Å². The van der Waals surface area contributed by atoms with E-state index in [1.165, 1.54) is 28.3 Å². The maximum absolute atomic E-state index is 13.5. The third-order valence-corrected chi connectivity index (χ3v) is 5.18. The highest BCUT2D eigenvalue weighted by molar-refractivity contribution is 5.96. The highest BCUT2D eigenvalue weighted by atomic mass is 19.2. The Labute approximate surface area is 176 Å². The van der Waals surface area contributed by atoms with Crippen molar-refractivity contribution in [2.75, 3.05) is 37.6 Å². The third kappa shape index (κ3) is 4.23. The van der Waals surface area contributed by atoms with E-state index >= 15 is 0 Å². The van der Waals surface area contributed by atoms with Crippen molar-refractivity contribution in [2.24, 2.45) is 0 Å². The van der Waals surface area contributed by atoms with Gasteiger partial charge in [0.25, 0.3) is 5.88 Å². The molecule has 2 aliphatic rings. The molecule has 1 atom stereocenters.